The van der Waals surface area contributed by atoms with Gasteiger partial charge in [-0.15, -0.1) is 5.10 Å². The van der Waals surface area contributed by atoms with E-state index in [9.17, 15) is 4.79 Å². The topological polar surface area (TPSA) is 80.5 Å². The summed E-state index contributed by atoms with van der Waals surface area (Å²) < 4.78 is 8.20. The van der Waals surface area contributed by atoms with E-state index in [0.29, 0.717) is 31.2 Å². The van der Waals surface area contributed by atoms with Crippen molar-refractivity contribution in [2.75, 3.05) is 13.2 Å². The molecule has 3 rings (SSSR count). The third-order valence-corrected chi connectivity index (χ3v) is 4.24. The number of hydrogen-bond acceptors (Lipinski definition) is 4. The molecular weight excluding hydrogens is 398 g/mol. The van der Waals surface area contributed by atoms with Gasteiger partial charge in [-0.05, 0) is 32.0 Å². The molecule has 0 saturated carbocycles. The first kappa shape index (κ1) is 18.2. The summed E-state index contributed by atoms with van der Waals surface area (Å²) in [7, 11) is 0. The summed E-state index contributed by atoms with van der Waals surface area (Å²) in [5, 5.41) is 10.1. The molecule has 7 nitrogen and oxygen atoms in total. The minimum absolute atomic E-state index is 0.231. The molecule has 0 aliphatic heterocycles. The van der Waals surface area contributed by atoms with Gasteiger partial charge in [0.15, 0.2) is 5.65 Å². The lowest BCUT2D eigenvalue weighted by atomic mass is 10.1. The quantitative estimate of drug-likeness (QED) is 0.643. The zero-order valence-electron chi connectivity index (χ0n) is 14.6. The van der Waals surface area contributed by atoms with Crippen LogP contribution in [0.1, 0.15) is 19.5 Å². The van der Waals surface area contributed by atoms with Crippen molar-refractivity contribution in [2.45, 2.75) is 20.4 Å². The largest absolute Gasteiger partial charge is 0.477 e. The number of benzene rings is 1. The number of carbonyl (C=O) groups excluding carboxylic acids is 1. The molecule has 0 aliphatic carbocycles. The van der Waals surface area contributed by atoms with Gasteiger partial charge in [0.05, 0.1) is 24.5 Å². The molecule has 1 aromatic carbocycles. The second-order valence-corrected chi connectivity index (χ2v) is 6.42. The van der Waals surface area contributed by atoms with E-state index >= 15 is 0 Å². The number of nitrogens with one attached hydrogen (secondary N) is 2. The molecule has 26 heavy (non-hydrogen) atoms. The Balaban J connectivity index is 2.05. The van der Waals surface area contributed by atoms with Gasteiger partial charge >= 0.3 is 6.03 Å². The van der Waals surface area contributed by atoms with Crippen LogP contribution in [0.25, 0.3) is 16.9 Å². The molecule has 0 saturated heterocycles. The Morgan fingerprint density at radius 2 is 1.92 bits per heavy atom. The Bertz CT molecular complexity index is 908. The van der Waals surface area contributed by atoms with E-state index in [1.807, 2.05) is 44.2 Å². The number of amides is 2. The summed E-state index contributed by atoms with van der Waals surface area (Å²) in [5.74, 6) is 0.513. The Kier molecular flexibility index (Phi) is 5.72. The highest BCUT2D eigenvalue weighted by Crippen LogP contribution is 2.26. The highest BCUT2D eigenvalue weighted by Gasteiger charge is 2.16. The molecule has 136 valence electrons. The fourth-order valence-corrected chi connectivity index (χ4v) is 2.84. The van der Waals surface area contributed by atoms with E-state index in [-0.39, 0.29) is 6.03 Å². The molecule has 2 heterocycles. The standard InChI is InChI=1S/C18H20BrN5O2/c1-3-20-18(25)21-11-14-17(12-5-7-13(19)8-6-12)22-15-9-10-16(26-4-2)23-24(14)15/h5-10H,3-4,11H2,1-2H3,(H2,20,21,25). The van der Waals surface area contributed by atoms with Crippen LogP contribution in [0.2, 0.25) is 0 Å². The molecule has 0 fully saturated rings. The maximum atomic E-state index is 11.8. The van der Waals surface area contributed by atoms with Crippen molar-refractivity contribution in [3.8, 4) is 17.1 Å². The monoisotopic (exact) mass is 417 g/mol. The van der Waals surface area contributed by atoms with Crippen LogP contribution in [-0.2, 0) is 6.54 Å². The third-order valence-electron chi connectivity index (χ3n) is 3.71. The van der Waals surface area contributed by atoms with E-state index in [4.69, 9.17) is 9.72 Å². The molecular formula is C18H20BrN5O2. The van der Waals surface area contributed by atoms with Gasteiger partial charge in [-0.25, -0.2) is 14.3 Å². The van der Waals surface area contributed by atoms with Gasteiger partial charge in [-0.2, -0.15) is 0 Å². The summed E-state index contributed by atoms with van der Waals surface area (Å²) in [6.07, 6.45) is 0. The van der Waals surface area contributed by atoms with E-state index in [0.717, 1.165) is 21.4 Å². The lowest BCUT2D eigenvalue weighted by molar-refractivity contribution is 0.241. The van der Waals surface area contributed by atoms with Gasteiger partial charge in [0.2, 0.25) is 5.88 Å². The van der Waals surface area contributed by atoms with Crippen LogP contribution in [0.4, 0.5) is 4.79 Å². The van der Waals surface area contributed by atoms with Gasteiger partial charge in [0.1, 0.15) is 0 Å². The third kappa shape index (κ3) is 3.96. The molecule has 0 spiro atoms. The summed E-state index contributed by atoms with van der Waals surface area (Å²) in [5.41, 5.74) is 3.20. The number of rotatable bonds is 6. The van der Waals surface area contributed by atoms with Crippen LogP contribution in [-0.4, -0.2) is 33.8 Å². The molecule has 2 aromatic heterocycles. The van der Waals surface area contributed by atoms with Crippen molar-refractivity contribution in [2.24, 2.45) is 0 Å². The van der Waals surface area contributed by atoms with Gasteiger partial charge in [-0.3, -0.25) is 0 Å². The maximum Gasteiger partial charge on any atom is 0.315 e. The van der Waals surface area contributed by atoms with Crippen LogP contribution in [0.15, 0.2) is 40.9 Å². The van der Waals surface area contributed by atoms with Crippen LogP contribution >= 0.6 is 15.9 Å². The van der Waals surface area contributed by atoms with Crippen molar-refractivity contribution >= 4 is 27.6 Å². The predicted molar refractivity (Wildman–Crippen MR) is 103 cm³/mol. The Labute approximate surface area is 159 Å². The van der Waals surface area contributed by atoms with Gasteiger partial charge in [0.25, 0.3) is 0 Å². The molecule has 0 aliphatic rings. The van der Waals surface area contributed by atoms with Gasteiger partial charge < -0.3 is 15.4 Å². The highest BCUT2D eigenvalue weighted by molar-refractivity contribution is 9.10. The maximum absolute atomic E-state index is 11.8. The summed E-state index contributed by atoms with van der Waals surface area (Å²) in [4.78, 5) is 16.5. The van der Waals surface area contributed by atoms with E-state index in [1.165, 1.54) is 0 Å². The summed E-state index contributed by atoms with van der Waals surface area (Å²) in [6.45, 7) is 5.16. The van der Waals surface area contributed by atoms with E-state index in [2.05, 4.69) is 31.7 Å². The average molecular weight is 418 g/mol. The zero-order chi connectivity index (χ0) is 18.5. The second-order valence-electron chi connectivity index (χ2n) is 5.50. The number of urea groups is 1. The molecule has 3 aromatic rings. The Morgan fingerprint density at radius 1 is 1.15 bits per heavy atom. The number of ether oxygens (including phenoxy) is 1. The normalized spacial score (nSPS) is 10.7. The molecule has 2 N–H and O–H groups in total. The minimum atomic E-state index is -0.231. The first-order valence-corrected chi connectivity index (χ1v) is 9.20. The molecule has 0 bridgehead atoms. The van der Waals surface area contributed by atoms with Crippen LogP contribution < -0.4 is 15.4 Å². The number of fused-ring (bicyclic) bond motifs is 1. The average Bonchev–Trinajstić information content (AvgIpc) is 2.99. The van der Waals surface area contributed by atoms with E-state index in [1.54, 1.807) is 10.6 Å². The number of halogens is 1. The first-order chi connectivity index (χ1) is 12.6. The summed E-state index contributed by atoms with van der Waals surface area (Å²) in [6, 6.07) is 11.3. The fraction of sp³-hybridized carbons (Fsp3) is 0.278. The molecule has 0 atom stereocenters. The van der Waals surface area contributed by atoms with Crippen molar-refractivity contribution in [3.05, 3.63) is 46.6 Å². The molecule has 0 radical (unpaired) electrons. The number of hydrogen-bond donors (Lipinski definition) is 2. The zero-order valence-corrected chi connectivity index (χ0v) is 16.2. The number of carbonyl (C=O) groups is 1. The number of nitrogens with zero attached hydrogens (tertiary/aromatic N) is 3. The van der Waals surface area contributed by atoms with Crippen molar-refractivity contribution in [1.82, 2.24) is 25.2 Å². The lowest BCUT2D eigenvalue weighted by Gasteiger charge is -2.08. The molecule has 0 unspecified atom stereocenters. The van der Waals surface area contributed by atoms with Crippen LogP contribution in [0, 0.1) is 0 Å². The van der Waals surface area contributed by atoms with Crippen molar-refractivity contribution < 1.29 is 9.53 Å². The van der Waals surface area contributed by atoms with Crippen LogP contribution in [0.3, 0.4) is 0 Å². The first-order valence-electron chi connectivity index (χ1n) is 8.41. The van der Waals surface area contributed by atoms with Crippen LogP contribution in [0.5, 0.6) is 5.88 Å². The van der Waals surface area contributed by atoms with Gasteiger partial charge in [-0.1, -0.05) is 28.1 Å². The second kappa shape index (κ2) is 8.18. The van der Waals surface area contributed by atoms with Crippen molar-refractivity contribution in [3.63, 3.8) is 0 Å². The predicted octanol–water partition coefficient (Wildman–Crippen LogP) is 3.38. The highest BCUT2D eigenvalue weighted by atomic mass is 79.9. The summed E-state index contributed by atoms with van der Waals surface area (Å²) >= 11 is 3.45. The molecule has 2 amide bonds. The van der Waals surface area contributed by atoms with Gasteiger partial charge in [0, 0.05) is 22.6 Å². The smallest absolute Gasteiger partial charge is 0.315 e. The Morgan fingerprint density at radius 3 is 2.62 bits per heavy atom. The minimum Gasteiger partial charge on any atom is -0.477 e. The molecule has 8 heteroatoms. The fourth-order valence-electron chi connectivity index (χ4n) is 2.57. The van der Waals surface area contributed by atoms with Crippen molar-refractivity contribution in [1.29, 1.82) is 0 Å². The Hall–Kier alpha value is -2.61. The number of imidazole rings is 1. The number of aromatic nitrogens is 3. The SMILES string of the molecule is CCNC(=O)NCc1c(-c2ccc(Br)cc2)nc2ccc(OCC)nn12. The lowest BCUT2D eigenvalue weighted by Crippen LogP contribution is -2.35. The van der Waals surface area contributed by atoms with E-state index < -0.39 is 0 Å².